The Bertz CT molecular complexity index is 1020. The summed E-state index contributed by atoms with van der Waals surface area (Å²) in [6.45, 7) is -0.806. The number of hydrogen-bond acceptors (Lipinski definition) is 7. The Morgan fingerprint density at radius 3 is 2.63 bits per heavy atom. The van der Waals surface area contributed by atoms with Crippen LogP contribution in [0, 0.1) is 21.4 Å². The first-order chi connectivity index (χ1) is 12.9. The van der Waals surface area contributed by atoms with Gasteiger partial charge in [-0.1, -0.05) is 18.2 Å². The van der Waals surface area contributed by atoms with Crippen LogP contribution in [-0.2, 0) is 16.1 Å². The van der Waals surface area contributed by atoms with Crippen LogP contribution in [0.15, 0.2) is 42.5 Å². The van der Waals surface area contributed by atoms with Crippen LogP contribution >= 0.6 is 0 Å². The van der Waals surface area contributed by atoms with E-state index in [2.05, 4.69) is 0 Å². The van der Waals surface area contributed by atoms with Gasteiger partial charge in [-0.3, -0.25) is 29.4 Å². The van der Waals surface area contributed by atoms with Crippen LogP contribution in [-0.4, -0.2) is 34.2 Å². The smallest absolute Gasteiger partial charge is 0.326 e. The van der Waals surface area contributed by atoms with Crippen molar-refractivity contribution >= 4 is 23.5 Å². The number of nitrogens with zero attached hydrogens (tertiary/aromatic N) is 3. The lowest BCUT2D eigenvalue weighted by atomic mass is 10.1. The Balaban J connectivity index is 1.71. The molecule has 0 saturated carbocycles. The molecule has 0 radical (unpaired) electrons. The zero-order chi connectivity index (χ0) is 19.6. The minimum atomic E-state index is -0.911. The second-order valence-corrected chi connectivity index (χ2v) is 5.63. The van der Waals surface area contributed by atoms with Crippen LogP contribution < -0.4 is 0 Å². The number of hydrogen-bond donors (Lipinski definition) is 0. The van der Waals surface area contributed by atoms with Crippen molar-refractivity contribution in [3.8, 4) is 6.07 Å². The number of carbonyl (C=O) groups excluding carboxylic acids is 3. The van der Waals surface area contributed by atoms with Crippen molar-refractivity contribution in [3.05, 3.63) is 74.8 Å². The molecule has 9 nitrogen and oxygen atoms in total. The van der Waals surface area contributed by atoms with E-state index in [-0.39, 0.29) is 17.7 Å². The SMILES string of the molecule is N#Cc1cccc(COC(=O)CN2C(=O)c3cccc([N+](=O)[O-])c3C2=O)c1. The molecule has 3 rings (SSSR count). The maximum atomic E-state index is 12.4. The largest absolute Gasteiger partial charge is 0.459 e. The van der Waals surface area contributed by atoms with Crippen molar-refractivity contribution in [3.63, 3.8) is 0 Å². The van der Waals surface area contributed by atoms with Gasteiger partial charge in [0, 0.05) is 6.07 Å². The number of carbonyl (C=O) groups is 3. The number of nitro benzene ring substituents is 1. The molecule has 0 unspecified atom stereocenters. The van der Waals surface area contributed by atoms with Gasteiger partial charge in [0.25, 0.3) is 17.5 Å². The van der Waals surface area contributed by atoms with E-state index in [4.69, 9.17) is 10.00 Å². The number of fused-ring (bicyclic) bond motifs is 1. The highest BCUT2D eigenvalue weighted by molar-refractivity contribution is 6.24. The van der Waals surface area contributed by atoms with Crippen molar-refractivity contribution in [2.24, 2.45) is 0 Å². The Hall–Kier alpha value is -4.06. The molecule has 0 aliphatic carbocycles. The molecule has 0 spiro atoms. The maximum absolute atomic E-state index is 12.4. The molecule has 1 heterocycles. The van der Waals surface area contributed by atoms with Gasteiger partial charge >= 0.3 is 5.97 Å². The molecule has 0 fully saturated rings. The quantitative estimate of drug-likeness (QED) is 0.342. The van der Waals surface area contributed by atoms with Gasteiger partial charge in [-0.05, 0) is 23.8 Å². The normalized spacial score (nSPS) is 12.5. The highest BCUT2D eigenvalue weighted by Gasteiger charge is 2.41. The average Bonchev–Trinajstić information content (AvgIpc) is 2.91. The Kier molecular flexibility index (Phi) is 4.64. The van der Waals surface area contributed by atoms with Crippen molar-refractivity contribution in [1.29, 1.82) is 5.26 Å². The van der Waals surface area contributed by atoms with E-state index >= 15 is 0 Å². The zero-order valence-electron chi connectivity index (χ0n) is 13.7. The lowest BCUT2D eigenvalue weighted by molar-refractivity contribution is -0.385. The van der Waals surface area contributed by atoms with E-state index in [9.17, 15) is 24.5 Å². The number of rotatable bonds is 5. The standard InChI is InChI=1S/C18H11N3O6/c19-8-11-3-1-4-12(7-11)10-27-15(22)9-20-17(23)13-5-2-6-14(21(25)26)16(13)18(20)24/h1-7H,9-10H2. The molecular weight excluding hydrogens is 354 g/mol. The molecule has 0 saturated heterocycles. The third kappa shape index (κ3) is 3.36. The number of ether oxygens (including phenoxy) is 1. The topological polar surface area (TPSA) is 131 Å². The molecule has 0 N–H and O–H groups in total. The van der Waals surface area contributed by atoms with Gasteiger partial charge in [0.05, 0.1) is 22.1 Å². The van der Waals surface area contributed by atoms with Gasteiger partial charge in [-0.25, -0.2) is 0 Å². The number of benzene rings is 2. The first kappa shape index (κ1) is 17.8. The van der Waals surface area contributed by atoms with Crippen molar-refractivity contribution in [2.45, 2.75) is 6.61 Å². The lowest BCUT2D eigenvalue weighted by Gasteiger charge is -2.13. The van der Waals surface area contributed by atoms with E-state index in [0.29, 0.717) is 16.0 Å². The Morgan fingerprint density at radius 2 is 1.93 bits per heavy atom. The third-order valence-corrected chi connectivity index (χ3v) is 3.92. The molecule has 1 aliphatic rings. The molecule has 0 bridgehead atoms. The van der Waals surface area contributed by atoms with E-state index in [1.165, 1.54) is 12.1 Å². The summed E-state index contributed by atoms with van der Waals surface area (Å²) in [5.41, 5.74) is 0.0254. The molecule has 2 amide bonds. The van der Waals surface area contributed by atoms with Gasteiger partial charge in [-0.15, -0.1) is 0 Å². The molecular formula is C18H11N3O6. The van der Waals surface area contributed by atoms with Crippen LogP contribution in [0.25, 0.3) is 0 Å². The number of esters is 1. The van der Waals surface area contributed by atoms with Crippen molar-refractivity contribution in [1.82, 2.24) is 4.90 Å². The molecule has 2 aromatic carbocycles. The number of imide groups is 1. The van der Waals surface area contributed by atoms with Crippen LogP contribution in [0.5, 0.6) is 0 Å². The van der Waals surface area contributed by atoms with E-state index < -0.39 is 34.9 Å². The second-order valence-electron chi connectivity index (χ2n) is 5.63. The van der Waals surface area contributed by atoms with Crippen molar-refractivity contribution in [2.75, 3.05) is 6.54 Å². The summed E-state index contributed by atoms with van der Waals surface area (Å²) in [7, 11) is 0. The molecule has 9 heteroatoms. The summed E-state index contributed by atoms with van der Waals surface area (Å²) in [5.74, 6) is -2.55. The first-order valence-corrected chi connectivity index (χ1v) is 7.70. The predicted octanol–water partition coefficient (Wildman–Crippen LogP) is 1.81. The maximum Gasteiger partial charge on any atom is 0.326 e. The summed E-state index contributed by atoms with van der Waals surface area (Å²) in [6.07, 6.45) is 0. The van der Waals surface area contributed by atoms with Gasteiger partial charge < -0.3 is 4.74 Å². The number of nitro groups is 1. The number of nitriles is 1. The average molecular weight is 365 g/mol. The van der Waals surface area contributed by atoms with Crippen LogP contribution in [0.1, 0.15) is 31.8 Å². The zero-order valence-corrected chi connectivity index (χ0v) is 13.7. The molecule has 0 atom stereocenters. The van der Waals surface area contributed by atoms with E-state index in [1.54, 1.807) is 24.3 Å². The predicted molar refractivity (Wildman–Crippen MR) is 89.4 cm³/mol. The molecule has 27 heavy (non-hydrogen) atoms. The first-order valence-electron chi connectivity index (χ1n) is 7.70. The van der Waals surface area contributed by atoms with Crippen LogP contribution in [0.3, 0.4) is 0 Å². The fraction of sp³-hybridized carbons (Fsp3) is 0.111. The van der Waals surface area contributed by atoms with E-state index in [0.717, 1.165) is 6.07 Å². The highest BCUT2D eigenvalue weighted by atomic mass is 16.6. The number of amides is 2. The Labute approximate surface area is 152 Å². The minimum Gasteiger partial charge on any atom is -0.459 e. The highest BCUT2D eigenvalue weighted by Crippen LogP contribution is 2.30. The molecule has 2 aromatic rings. The fourth-order valence-corrected chi connectivity index (χ4v) is 2.68. The summed E-state index contributed by atoms with van der Waals surface area (Å²) >= 11 is 0. The van der Waals surface area contributed by atoms with Gasteiger partial charge in [-0.2, -0.15) is 5.26 Å². The van der Waals surface area contributed by atoms with Crippen LogP contribution in [0.4, 0.5) is 5.69 Å². The monoisotopic (exact) mass is 365 g/mol. The van der Waals surface area contributed by atoms with Gasteiger partial charge in [0.2, 0.25) is 0 Å². The van der Waals surface area contributed by atoms with Crippen LogP contribution in [0.2, 0.25) is 0 Å². The lowest BCUT2D eigenvalue weighted by Crippen LogP contribution is -2.35. The fourth-order valence-electron chi connectivity index (χ4n) is 2.68. The summed E-state index contributed by atoms with van der Waals surface area (Å²) in [6, 6.07) is 12.1. The summed E-state index contributed by atoms with van der Waals surface area (Å²) in [4.78, 5) is 47.6. The second kappa shape index (κ2) is 7.05. The van der Waals surface area contributed by atoms with Gasteiger partial charge in [0.15, 0.2) is 0 Å². The Morgan fingerprint density at radius 1 is 1.19 bits per heavy atom. The molecule has 134 valence electrons. The molecule has 1 aliphatic heterocycles. The van der Waals surface area contributed by atoms with Gasteiger partial charge in [0.1, 0.15) is 18.7 Å². The molecule has 0 aromatic heterocycles. The van der Waals surface area contributed by atoms with E-state index in [1.807, 2.05) is 6.07 Å². The summed E-state index contributed by atoms with van der Waals surface area (Å²) < 4.78 is 5.03. The van der Waals surface area contributed by atoms with Crippen molar-refractivity contribution < 1.29 is 24.0 Å². The third-order valence-electron chi connectivity index (χ3n) is 3.92. The summed E-state index contributed by atoms with van der Waals surface area (Å²) in [5, 5.41) is 19.9. The minimum absolute atomic E-state index is 0.122.